The molecule has 24 heavy (non-hydrogen) atoms. The van der Waals surface area contributed by atoms with E-state index < -0.39 is 5.97 Å². The average molecular weight is 339 g/mol. The standard InChI is InChI=1S/C18H33N3O3/c1-4-20(12-17(22)23)16-10-15(11-16)19-18(24)21-8-5-6-14(7-9-21)13(2)3/h13-16H,4-12H2,1-3H3,(H,19,24)(H,22,23). The predicted molar refractivity (Wildman–Crippen MR) is 94.0 cm³/mol. The highest BCUT2D eigenvalue weighted by atomic mass is 16.4. The first-order chi connectivity index (χ1) is 11.4. The van der Waals surface area contributed by atoms with Gasteiger partial charge in [-0.1, -0.05) is 20.8 Å². The van der Waals surface area contributed by atoms with Gasteiger partial charge >= 0.3 is 12.0 Å². The van der Waals surface area contributed by atoms with Gasteiger partial charge in [-0.15, -0.1) is 0 Å². The summed E-state index contributed by atoms with van der Waals surface area (Å²) in [7, 11) is 0. The minimum absolute atomic E-state index is 0.0594. The quantitative estimate of drug-likeness (QED) is 0.779. The number of urea groups is 1. The normalized spacial score (nSPS) is 27.7. The Morgan fingerprint density at radius 2 is 1.96 bits per heavy atom. The van der Waals surface area contributed by atoms with Crippen LogP contribution >= 0.6 is 0 Å². The van der Waals surface area contributed by atoms with E-state index >= 15 is 0 Å². The Kier molecular flexibility index (Phi) is 6.90. The van der Waals surface area contributed by atoms with E-state index in [2.05, 4.69) is 19.2 Å². The topological polar surface area (TPSA) is 72.9 Å². The van der Waals surface area contributed by atoms with Crippen molar-refractivity contribution >= 4 is 12.0 Å². The van der Waals surface area contributed by atoms with Gasteiger partial charge in [-0.25, -0.2) is 4.79 Å². The molecule has 138 valence electrons. The zero-order chi connectivity index (χ0) is 17.7. The Morgan fingerprint density at radius 3 is 2.54 bits per heavy atom. The third kappa shape index (κ3) is 5.10. The molecule has 0 aromatic carbocycles. The molecule has 2 aliphatic rings. The fourth-order valence-corrected chi connectivity index (χ4v) is 3.93. The number of hydrogen-bond acceptors (Lipinski definition) is 3. The Morgan fingerprint density at radius 1 is 1.25 bits per heavy atom. The third-order valence-electron chi connectivity index (χ3n) is 5.70. The molecule has 0 radical (unpaired) electrons. The van der Waals surface area contributed by atoms with E-state index in [1.165, 1.54) is 6.42 Å². The number of likely N-dealkylation sites (N-methyl/N-ethyl adjacent to an activating group) is 1. The van der Waals surface area contributed by atoms with Gasteiger partial charge < -0.3 is 15.3 Å². The maximum Gasteiger partial charge on any atom is 0.317 e. The lowest BCUT2D eigenvalue weighted by molar-refractivity contribution is -0.139. The van der Waals surface area contributed by atoms with Crippen molar-refractivity contribution in [1.29, 1.82) is 0 Å². The highest BCUT2D eigenvalue weighted by molar-refractivity contribution is 5.74. The summed E-state index contributed by atoms with van der Waals surface area (Å²) in [6.45, 7) is 9.05. The molecule has 2 N–H and O–H groups in total. The number of carboxylic acids is 1. The van der Waals surface area contributed by atoms with Gasteiger partial charge in [0.2, 0.25) is 0 Å². The van der Waals surface area contributed by atoms with Gasteiger partial charge in [0.05, 0.1) is 6.54 Å². The van der Waals surface area contributed by atoms with Crippen LogP contribution in [0.15, 0.2) is 0 Å². The van der Waals surface area contributed by atoms with Crippen LogP contribution < -0.4 is 5.32 Å². The molecule has 2 amide bonds. The number of likely N-dealkylation sites (tertiary alicyclic amines) is 1. The number of hydrogen-bond donors (Lipinski definition) is 2. The average Bonchev–Trinajstić information content (AvgIpc) is 2.74. The van der Waals surface area contributed by atoms with E-state index in [0.717, 1.165) is 51.2 Å². The molecule has 0 aromatic rings. The van der Waals surface area contributed by atoms with E-state index in [-0.39, 0.29) is 24.7 Å². The summed E-state index contributed by atoms with van der Waals surface area (Å²) >= 11 is 0. The van der Waals surface area contributed by atoms with Crippen LogP contribution in [0, 0.1) is 11.8 Å². The van der Waals surface area contributed by atoms with Crippen molar-refractivity contribution in [3.63, 3.8) is 0 Å². The molecule has 1 aliphatic heterocycles. The third-order valence-corrected chi connectivity index (χ3v) is 5.70. The summed E-state index contributed by atoms with van der Waals surface area (Å²) in [5, 5.41) is 12.1. The van der Waals surface area contributed by atoms with Crippen molar-refractivity contribution in [3.8, 4) is 0 Å². The van der Waals surface area contributed by atoms with Gasteiger partial charge in [-0.3, -0.25) is 9.69 Å². The molecular formula is C18H33N3O3. The lowest BCUT2D eigenvalue weighted by atomic mass is 9.85. The van der Waals surface area contributed by atoms with E-state index in [9.17, 15) is 9.59 Å². The molecule has 1 unspecified atom stereocenters. The molecule has 2 fully saturated rings. The lowest BCUT2D eigenvalue weighted by Crippen LogP contribution is -2.56. The van der Waals surface area contributed by atoms with Crippen LogP contribution in [0.1, 0.15) is 52.9 Å². The van der Waals surface area contributed by atoms with Gasteiger partial charge in [0.1, 0.15) is 0 Å². The van der Waals surface area contributed by atoms with Crippen LogP contribution in [-0.4, -0.2) is 65.2 Å². The van der Waals surface area contributed by atoms with Crippen LogP contribution in [0.25, 0.3) is 0 Å². The largest absolute Gasteiger partial charge is 0.480 e. The first-order valence-corrected chi connectivity index (χ1v) is 9.42. The second-order valence-corrected chi connectivity index (χ2v) is 7.65. The summed E-state index contributed by atoms with van der Waals surface area (Å²) in [5.41, 5.74) is 0. The smallest absolute Gasteiger partial charge is 0.317 e. The van der Waals surface area contributed by atoms with Crippen LogP contribution in [0.4, 0.5) is 4.79 Å². The molecule has 6 heteroatoms. The molecule has 1 atom stereocenters. The molecule has 1 heterocycles. The maximum absolute atomic E-state index is 12.5. The van der Waals surface area contributed by atoms with E-state index in [4.69, 9.17) is 5.11 Å². The van der Waals surface area contributed by atoms with Crippen molar-refractivity contribution in [3.05, 3.63) is 0 Å². The van der Waals surface area contributed by atoms with E-state index in [0.29, 0.717) is 5.92 Å². The summed E-state index contributed by atoms with van der Waals surface area (Å²) in [6.07, 6.45) is 5.12. The Labute approximate surface area is 145 Å². The molecule has 0 spiro atoms. The maximum atomic E-state index is 12.5. The first-order valence-electron chi connectivity index (χ1n) is 9.42. The summed E-state index contributed by atoms with van der Waals surface area (Å²) in [4.78, 5) is 27.3. The number of carboxylic acid groups (broad SMARTS) is 1. The van der Waals surface area contributed by atoms with E-state index in [1.54, 1.807) is 0 Å². The molecule has 1 saturated heterocycles. The fourth-order valence-electron chi connectivity index (χ4n) is 3.93. The second-order valence-electron chi connectivity index (χ2n) is 7.65. The highest BCUT2D eigenvalue weighted by Crippen LogP contribution is 2.27. The zero-order valence-corrected chi connectivity index (χ0v) is 15.3. The molecule has 0 aromatic heterocycles. The van der Waals surface area contributed by atoms with Crippen LogP contribution in [-0.2, 0) is 4.79 Å². The number of rotatable bonds is 6. The van der Waals surface area contributed by atoms with Crippen molar-refractivity contribution in [2.45, 2.75) is 65.0 Å². The summed E-state index contributed by atoms with van der Waals surface area (Å²) < 4.78 is 0. The molecule has 2 rings (SSSR count). The molecule has 1 saturated carbocycles. The number of nitrogens with zero attached hydrogens (tertiary/aromatic N) is 2. The van der Waals surface area contributed by atoms with Crippen LogP contribution in [0.5, 0.6) is 0 Å². The number of aliphatic carboxylic acids is 1. The van der Waals surface area contributed by atoms with Crippen LogP contribution in [0.3, 0.4) is 0 Å². The van der Waals surface area contributed by atoms with Gasteiger partial charge in [-0.2, -0.15) is 0 Å². The second kappa shape index (κ2) is 8.70. The van der Waals surface area contributed by atoms with Gasteiger partial charge in [0.25, 0.3) is 0 Å². The first kappa shape index (κ1) is 19.0. The van der Waals surface area contributed by atoms with Crippen molar-refractivity contribution in [1.82, 2.24) is 15.1 Å². The summed E-state index contributed by atoms with van der Waals surface area (Å²) in [6, 6.07) is 0.532. The fraction of sp³-hybridized carbons (Fsp3) is 0.889. The Hall–Kier alpha value is -1.30. The number of carbonyl (C=O) groups excluding carboxylic acids is 1. The van der Waals surface area contributed by atoms with Gasteiger partial charge in [-0.05, 0) is 50.5 Å². The summed E-state index contributed by atoms with van der Waals surface area (Å²) in [5.74, 6) is 0.633. The SMILES string of the molecule is CCN(CC(=O)O)C1CC(NC(=O)N2CCCC(C(C)C)CC2)C1. The van der Waals surface area contributed by atoms with Crippen molar-refractivity contribution in [2.24, 2.45) is 11.8 Å². The number of carbonyl (C=O) groups is 2. The Balaban J connectivity index is 1.73. The molecular weight excluding hydrogens is 306 g/mol. The lowest BCUT2D eigenvalue weighted by Gasteiger charge is -2.42. The number of amides is 2. The molecule has 0 bridgehead atoms. The minimum Gasteiger partial charge on any atom is -0.480 e. The molecule has 1 aliphatic carbocycles. The van der Waals surface area contributed by atoms with Gasteiger partial charge in [0.15, 0.2) is 0 Å². The van der Waals surface area contributed by atoms with Crippen molar-refractivity contribution in [2.75, 3.05) is 26.2 Å². The minimum atomic E-state index is -0.784. The van der Waals surface area contributed by atoms with Crippen LogP contribution in [0.2, 0.25) is 0 Å². The monoisotopic (exact) mass is 339 g/mol. The molecule has 6 nitrogen and oxygen atoms in total. The highest BCUT2D eigenvalue weighted by Gasteiger charge is 2.35. The Bertz CT molecular complexity index is 435. The number of nitrogens with one attached hydrogen (secondary N) is 1. The van der Waals surface area contributed by atoms with E-state index in [1.807, 2.05) is 16.7 Å². The zero-order valence-electron chi connectivity index (χ0n) is 15.3. The predicted octanol–water partition coefficient (Wildman–Crippen LogP) is 2.39. The van der Waals surface area contributed by atoms with Crippen molar-refractivity contribution < 1.29 is 14.7 Å². The van der Waals surface area contributed by atoms with Gasteiger partial charge in [0, 0.05) is 25.2 Å².